The lowest BCUT2D eigenvalue weighted by molar-refractivity contribution is -0.135. The minimum Gasteiger partial charge on any atom is -0.367 e. The fourth-order valence-corrected chi connectivity index (χ4v) is 4.70. The highest BCUT2D eigenvalue weighted by Crippen LogP contribution is 2.46. The summed E-state index contributed by atoms with van der Waals surface area (Å²) in [5.74, 6) is 1.91. The maximum absolute atomic E-state index is 11.6. The molecule has 8 nitrogen and oxygen atoms in total. The Balaban J connectivity index is 1.32. The van der Waals surface area contributed by atoms with E-state index in [2.05, 4.69) is 20.2 Å². The minimum absolute atomic E-state index is 0.0163. The smallest absolute Gasteiger partial charge is 0.248 e. The minimum atomic E-state index is 0.0163. The SMILES string of the molecule is CN(C)C(=O)CO[C@H]1CSC2(C1)CN(c1ccc3nncn3n1)C2. The number of amides is 1. The molecular formula is C15H20N6O2S. The zero-order chi connectivity index (χ0) is 16.7. The van der Waals surface area contributed by atoms with E-state index in [-0.39, 0.29) is 23.4 Å². The van der Waals surface area contributed by atoms with E-state index in [4.69, 9.17) is 4.74 Å². The molecule has 2 aliphatic heterocycles. The first-order chi connectivity index (χ1) is 11.5. The maximum atomic E-state index is 11.6. The van der Waals surface area contributed by atoms with E-state index in [1.807, 2.05) is 23.9 Å². The third kappa shape index (κ3) is 2.82. The van der Waals surface area contributed by atoms with Gasteiger partial charge in [-0.05, 0) is 18.6 Å². The molecule has 2 aromatic rings. The van der Waals surface area contributed by atoms with Crippen molar-refractivity contribution in [1.82, 2.24) is 24.7 Å². The van der Waals surface area contributed by atoms with Gasteiger partial charge in [-0.2, -0.15) is 4.52 Å². The van der Waals surface area contributed by atoms with E-state index >= 15 is 0 Å². The Morgan fingerprint density at radius 1 is 1.46 bits per heavy atom. The van der Waals surface area contributed by atoms with Gasteiger partial charge in [0.2, 0.25) is 5.91 Å². The number of fused-ring (bicyclic) bond motifs is 1. The Labute approximate surface area is 144 Å². The number of nitrogens with zero attached hydrogens (tertiary/aromatic N) is 6. The lowest BCUT2D eigenvalue weighted by Gasteiger charge is -2.48. The van der Waals surface area contributed by atoms with Crippen molar-refractivity contribution < 1.29 is 9.53 Å². The molecule has 0 aromatic carbocycles. The molecule has 0 N–H and O–H groups in total. The van der Waals surface area contributed by atoms with Crippen molar-refractivity contribution in [1.29, 1.82) is 0 Å². The number of hydrogen-bond donors (Lipinski definition) is 0. The van der Waals surface area contributed by atoms with Crippen LogP contribution in [0.1, 0.15) is 6.42 Å². The first kappa shape index (κ1) is 15.6. The Hall–Kier alpha value is -1.87. The zero-order valence-electron chi connectivity index (χ0n) is 13.8. The maximum Gasteiger partial charge on any atom is 0.248 e. The van der Waals surface area contributed by atoms with E-state index in [9.17, 15) is 4.79 Å². The van der Waals surface area contributed by atoms with Gasteiger partial charge >= 0.3 is 0 Å². The van der Waals surface area contributed by atoms with Crippen molar-refractivity contribution in [2.24, 2.45) is 0 Å². The number of anilines is 1. The number of likely N-dealkylation sites (N-methyl/N-ethyl adjacent to an activating group) is 1. The molecule has 2 saturated heterocycles. The Morgan fingerprint density at radius 3 is 3.08 bits per heavy atom. The molecule has 128 valence electrons. The van der Waals surface area contributed by atoms with Gasteiger partial charge in [-0.15, -0.1) is 27.1 Å². The van der Waals surface area contributed by atoms with Gasteiger partial charge in [0.05, 0.1) is 10.9 Å². The van der Waals surface area contributed by atoms with Crippen LogP contribution in [0.5, 0.6) is 0 Å². The Kier molecular flexibility index (Phi) is 3.84. The van der Waals surface area contributed by atoms with Crippen LogP contribution in [0, 0.1) is 0 Å². The average molecular weight is 348 g/mol. The van der Waals surface area contributed by atoms with Crippen molar-refractivity contribution in [2.75, 3.05) is 44.4 Å². The van der Waals surface area contributed by atoms with E-state index in [1.54, 1.807) is 29.8 Å². The summed E-state index contributed by atoms with van der Waals surface area (Å²) in [6.45, 7) is 2.09. The highest BCUT2D eigenvalue weighted by atomic mass is 32.2. The lowest BCUT2D eigenvalue weighted by atomic mass is 9.93. The monoisotopic (exact) mass is 348 g/mol. The first-order valence-corrected chi connectivity index (χ1v) is 8.91. The lowest BCUT2D eigenvalue weighted by Crippen LogP contribution is -2.59. The number of aromatic nitrogens is 4. The molecule has 1 amide bonds. The second-order valence-electron chi connectivity index (χ2n) is 6.60. The third-order valence-electron chi connectivity index (χ3n) is 4.55. The highest BCUT2D eigenvalue weighted by Gasteiger charge is 2.50. The predicted octanol–water partition coefficient (Wildman–Crippen LogP) is 0.293. The molecule has 0 saturated carbocycles. The van der Waals surface area contributed by atoms with Crippen LogP contribution in [0.25, 0.3) is 5.65 Å². The number of rotatable bonds is 4. The molecule has 4 heterocycles. The van der Waals surface area contributed by atoms with E-state index in [0.29, 0.717) is 0 Å². The fraction of sp³-hybridized carbons (Fsp3) is 0.600. The average Bonchev–Trinajstić information content (AvgIpc) is 3.16. The fourth-order valence-electron chi connectivity index (χ4n) is 3.15. The summed E-state index contributed by atoms with van der Waals surface area (Å²) >= 11 is 1.95. The molecular weight excluding hydrogens is 328 g/mol. The van der Waals surface area contributed by atoms with Crippen LogP contribution in [-0.2, 0) is 9.53 Å². The Bertz CT molecular complexity index is 757. The van der Waals surface area contributed by atoms with Crippen molar-refractivity contribution in [2.45, 2.75) is 17.3 Å². The van der Waals surface area contributed by atoms with Gasteiger partial charge in [-0.3, -0.25) is 4.79 Å². The number of ether oxygens (including phenoxy) is 1. The molecule has 2 fully saturated rings. The van der Waals surface area contributed by atoms with Gasteiger partial charge in [0.15, 0.2) is 5.65 Å². The molecule has 2 aromatic heterocycles. The van der Waals surface area contributed by atoms with Gasteiger partial charge in [0.25, 0.3) is 0 Å². The van der Waals surface area contributed by atoms with Crippen LogP contribution >= 0.6 is 11.8 Å². The van der Waals surface area contributed by atoms with Crippen molar-refractivity contribution in [3.8, 4) is 0 Å². The number of hydrogen-bond acceptors (Lipinski definition) is 7. The molecule has 0 bridgehead atoms. The zero-order valence-corrected chi connectivity index (χ0v) is 14.6. The molecule has 9 heteroatoms. The summed E-state index contributed by atoms with van der Waals surface area (Å²) in [7, 11) is 3.50. The van der Waals surface area contributed by atoms with E-state index in [1.165, 1.54) is 0 Å². The van der Waals surface area contributed by atoms with Gasteiger partial charge in [-0.1, -0.05) is 0 Å². The summed E-state index contributed by atoms with van der Waals surface area (Å²) in [5, 5.41) is 12.4. The van der Waals surface area contributed by atoms with Crippen molar-refractivity contribution in [3.63, 3.8) is 0 Å². The molecule has 0 aliphatic carbocycles. The van der Waals surface area contributed by atoms with E-state index < -0.39 is 0 Å². The van der Waals surface area contributed by atoms with Crippen LogP contribution in [0.15, 0.2) is 18.5 Å². The number of carbonyl (C=O) groups is 1. The largest absolute Gasteiger partial charge is 0.367 e. The van der Waals surface area contributed by atoms with Crippen LogP contribution in [0.2, 0.25) is 0 Å². The summed E-state index contributed by atoms with van der Waals surface area (Å²) in [4.78, 5) is 15.5. The molecule has 1 spiro atoms. The van der Waals surface area contributed by atoms with Crippen LogP contribution in [-0.4, -0.2) is 81.0 Å². The molecule has 1 atom stereocenters. The van der Waals surface area contributed by atoms with Gasteiger partial charge in [0.1, 0.15) is 18.8 Å². The second-order valence-corrected chi connectivity index (χ2v) is 8.09. The van der Waals surface area contributed by atoms with Crippen LogP contribution < -0.4 is 4.90 Å². The second kappa shape index (κ2) is 5.89. The summed E-state index contributed by atoms with van der Waals surface area (Å²) in [6.07, 6.45) is 2.77. The van der Waals surface area contributed by atoms with Gasteiger partial charge < -0.3 is 14.5 Å². The van der Waals surface area contributed by atoms with Gasteiger partial charge in [0, 0.05) is 32.9 Å². The molecule has 0 unspecified atom stereocenters. The van der Waals surface area contributed by atoms with Crippen LogP contribution in [0.3, 0.4) is 0 Å². The van der Waals surface area contributed by atoms with Crippen LogP contribution in [0.4, 0.5) is 5.82 Å². The Morgan fingerprint density at radius 2 is 2.29 bits per heavy atom. The van der Waals surface area contributed by atoms with Gasteiger partial charge in [-0.25, -0.2) is 0 Å². The number of carbonyl (C=O) groups excluding carboxylic acids is 1. The molecule has 4 rings (SSSR count). The summed E-state index contributed by atoms with van der Waals surface area (Å²) in [5.41, 5.74) is 0.753. The standard InChI is InChI=1S/C15H20N6O2S/c1-19(2)14(22)6-23-11-5-15(24-7-11)8-20(9-15)13-4-3-12-17-16-10-21(12)18-13/h3-4,10-11H,5-9H2,1-2H3/t11-/m1/s1. The quantitative estimate of drug-likeness (QED) is 0.786. The topological polar surface area (TPSA) is 75.9 Å². The first-order valence-electron chi connectivity index (χ1n) is 7.92. The van der Waals surface area contributed by atoms with Crippen molar-refractivity contribution in [3.05, 3.63) is 18.5 Å². The third-order valence-corrected chi connectivity index (χ3v) is 6.12. The summed E-state index contributed by atoms with van der Waals surface area (Å²) < 4.78 is 7.71. The predicted molar refractivity (Wildman–Crippen MR) is 91.2 cm³/mol. The number of thioether (sulfide) groups is 1. The summed E-state index contributed by atoms with van der Waals surface area (Å²) in [6, 6.07) is 3.92. The van der Waals surface area contributed by atoms with E-state index in [0.717, 1.165) is 36.7 Å². The normalized spacial score (nSPS) is 22.1. The highest BCUT2D eigenvalue weighted by molar-refractivity contribution is 8.01. The molecule has 2 aliphatic rings. The molecule has 24 heavy (non-hydrogen) atoms. The molecule has 0 radical (unpaired) electrons. The van der Waals surface area contributed by atoms with Crippen molar-refractivity contribution >= 4 is 29.1 Å².